The van der Waals surface area contributed by atoms with Gasteiger partial charge in [0.2, 0.25) is 0 Å². The second-order valence-electron chi connectivity index (χ2n) is 7.24. The van der Waals surface area contributed by atoms with Crippen LogP contribution >= 0.6 is 0 Å². The average molecular weight is 364 g/mol. The predicted octanol–water partition coefficient (Wildman–Crippen LogP) is 4.70. The van der Waals surface area contributed by atoms with E-state index < -0.39 is 0 Å². The van der Waals surface area contributed by atoms with E-state index in [0.29, 0.717) is 29.3 Å². The molecule has 0 unspecified atom stereocenters. The zero-order valence-corrected chi connectivity index (χ0v) is 15.7. The first kappa shape index (κ1) is 17.6. The fraction of sp³-hybridized carbons (Fsp3) is 0.364. The van der Waals surface area contributed by atoms with Crippen LogP contribution in [0.5, 0.6) is 5.75 Å². The minimum atomic E-state index is -0.0570. The number of aromatic nitrogens is 1. The van der Waals surface area contributed by atoms with E-state index >= 15 is 0 Å². The molecule has 140 valence electrons. The third-order valence-corrected chi connectivity index (χ3v) is 5.29. The highest BCUT2D eigenvalue weighted by atomic mass is 16.5. The van der Waals surface area contributed by atoms with Gasteiger partial charge in [-0.15, -0.1) is 0 Å². The highest BCUT2D eigenvalue weighted by Crippen LogP contribution is 2.30. The van der Waals surface area contributed by atoms with Crippen molar-refractivity contribution < 1.29 is 13.9 Å². The summed E-state index contributed by atoms with van der Waals surface area (Å²) in [5.41, 5.74) is 3.50. The number of amides is 1. The summed E-state index contributed by atoms with van der Waals surface area (Å²) in [5.74, 6) is 1.29. The van der Waals surface area contributed by atoms with Crippen LogP contribution in [0.1, 0.15) is 52.9 Å². The number of benzene rings is 1. The largest absolute Gasteiger partial charge is 0.489 e. The molecule has 0 bridgehead atoms. The normalized spacial score (nSPS) is 14.6. The van der Waals surface area contributed by atoms with Gasteiger partial charge >= 0.3 is 0 Å². The molecule has 1 aliphatic carbocycles. The van der Waals surface area contributed by atoms with Crippen LogP contribution in [0.25, 0.3) is 11.0 Å². The van der Waals surface area contributed by atoms with Gasteiger partial charge in [0, 0.05) is 29.4 Å². The molecule has 0 spiro atoms. The summed E-state index contributed by atoms with van der Waals surface area (Å²) >= 11 is 0. The molecule has 0 saturated heterocycles. The van der Waals surface area contributed by atoms with Crippen LogP contribution in [0, 0.1) is 13.8 Å². The summed E-state index contributed by atoms with van der Waals surface area (Å²) in [5, 5.41) is 3.95. The number of furan rings is 1. The Hall–Kier alpha value is -2.82. The fourth-order valence-electron chi connectivity index (χ4n) is 3.71. The number of nitrogens with one attached hydrogen (secondary N) is 1. The first-order valence-electron chi connectivity index (χ1n) is 9.48. The Kier molecular flexibility index (Phi) is 4.84. The van der Waals surface area contributed by atoms with E-state index in [4.69, 9.17) is 9.15 Å². The van der Waals surface area contributed by atoms with Crippen LogP contribution in [0.4, 0.5) is 0 Å². The molecule has 0 atom stereocenters. The van der Waals surface area contributed by atoms with E-state index in [9.17, 15) is 4.79 Å². The van der Waals surface area contributed by atoms with E-state index in [1.807, 2.05) is 44.3 Å². The number of ether oxygens (including phenoxy) is 1. The van der Waals surface area contributed by atoms with E-state index in [-0.39, 0.29) is 11.9 Å². The first-order chi connectivity index (χ1) is 13.1. The van der Waals surface area contributed by atoms with Crippen LogP contribution in [-0.2, 0) is 6.61 Å². The molecule has 5 heteroatoms. The zero-order chi connectivity index (χ0) is 18.8. The fourth-order valence-corrected chi connectivity index (χ4v) is 3.71. The molecule has 0 aliphatic heterocycles. The Bertz CT molecular complexity index is 971. The average Bonchev–Trinajstić information content (AvgIpc) is 3.27. The number of carbonyl (C=O) groups excluding carboxylic acids is 1. The second kappa shape index (κ2) is 7.43. The molecule has 4 rings (SSSR count). The molecule has 0 radical (unpaired) electrons. The Labute approximate surface area is 158 Å². The standard InChI is InChI=1S/C22H24N2O3/c1-14-9-10-23-12-16(14)13-26-18-7-8-20-19(11-18)21(15(2)27-20)22(25)24-17-5-3-4-6-17/h7-12,17H,3-6,13H2,1-2H3,(H,24,25). The Morgan fingerprint density at radius 1 is 1.26 bits per heavy atom. The monoisotopic (exact) mass is 364 g/mol. The number of pyridine rings is 1. The maximum absolute atomic E-state index is 12.8. The lowest BCUT2D eigenvalue weighted by Gasteiger charge is -2.12. The lowest BCUT2D eigenvalue weighted by molar-refractivity contribution is 0.0938. The topological polar surface area (TPSA) is 64.4 Å². The SMILES string of the molecule is Cc1ccncc1COc1ccc2oc(C)c(C(=O)NC3CCCC3)c2c1. The zero-order valence-electron chi connectivity index (χ0n) is 15.7. The Morgan fingerprint density at radius 3 is 2.85 bits per heavy atom. The summed E-state index contributed by atoms with van der Waals surface area (Å²) in [6.45, 7) is 4.31. The maximum atomic E-state index is 12.8. The molecule has 3 aromatic rings. The maximum Gasteiger partial charge on any atom is 0.255 e. The van der Waals surface area contributed by atoms with Gasteiger partial charge in [-0.3, -0.25) is 9.78 Å². The molecular weight excluding hydrogens is 340 g/mol. The summed E-state index contributed by atoms with van der Waals surface area (Å²) in [6, 6.07) is 7.86. The van der Waals surface area contributed by atoms with Gasteiger partial charge in [0.25, 0.3) is 5.91 Å². The Balaban J connectivity index is 1.57. The van der Waals surface area contributed by atoms with E-state index in [2.05, 4.69) is 10.3 Å². The van der Waals surface area contributed by atoms with Gasteiger partial charge in [-0.05, 0) is 56.5 Å². The number of hydrogen-bond donors (Lipinski definition) is 1. The number of hydrogen-bond acceptors (Lipinski definition) is 4. The van der Waals surface area contributed by atoms with Gasteiger partial charge in [0.15, 0.2) is 0 Å². The summed E-state index contributed by atoms with van der Waals surface area (Å²) in [7, 11) is 0. The number of aryl methyl sites for hydroxylation is 2. The number of fused-ring (bicyclic) bond motifs is 1. The molecule has 1 amide bonds. The molecule has 5 nitrogen and oxygen atoms in total. The van der Waals surface area contributed by atoms with Crippen LogP contribution in [0.15, 0.2) is 41.1 Å². The minimum Gasteiger partial charge on any atom is -0.489 e. The summed E-state index contributed by atoms with van der Waals surface area (Å²) < 4.78 is 11.7. The van der Waals surface area contributed by atoms with Crippen molar-refractivity contribution in [3.8, 4) is 5.75 Å². The lowest BCUT2D eigenvalue weighted by Crippen LogP contribution is -2.32. The van der Waals surface area contributed by atoms with Crippen molar-refractivity contribution in [2.24, 2.45) is 0 Å². The van der Waals surface area contributed by atoms with E-state index in [1.54, 1.807) is 6.20 Å². The van der Waals surface area contributed by atoms with Gasteiger partial charge in [-0.25, -0.2) is 0 Å². The number of nitrogens with zero attached hydrogens (tertiary/aromatic N) is 1. The van der Waals surface area contributed by atoms with Crippen LogP contribution < -0.4 is 10.1 Å². The van der Waals surface area contributed by atoms with Gasteiger partial charge in [-0.2, -0.15) is 0 Å². The van der Waals surface area contributed by atoms with Crippen LogP contribution in [0.3, 0.4) is 0 Å². The third-order valence-electron chi connectivity index (χ3n) is 5.29. The highest BCUT2D eigenvalue weighted by molar-refractivity contribution is 6.07. The molecule has 27 heavy (non-hydrogen) atoms. The molecule has 1 aromatic carbocycles. The van der Waals surface area contributed by atoms with Gasteiger partial charge in [-0.1, -0.05) is 12.8 Å². The van der Waals surface area contributed by atoms with Crippen molar-refractivity contribution in [2.75, 3.05) is 0 Å². The number of rotatable bonds is 5. The molecule has 1 aliphatic rings. The molecular formula is C22H24N2O3. The van der Waals surface area contributed by atoms with E-state index in [0.717, 1.165) is 29.4 Å². The molecule has 1 saturated carbocycles. The molecule has 1 fully saturated rings. The van der Waals surface area contributed by atoms with Crippen LogP contribution in [-0.4, -0.2) is 16.9 Å². The van der Waals surface area contributed by atoms with Crippen molar-refractivity contribution in [1.29, 1.82) is 0 Å². The minimum absolute atomic E-state index is 0.0570. The highest BCUT2D eigenvalue weighted by Gasteiger charge is 2.23. The van der Waals surface area contributed by atoms with Gasteiger partial charge in [0.1, 0.15) is 23.7 Å². The van der Waals surface area contributed by atoms with Gasteiger partial charge in [0.05, 0.1) is 5.56 Å². The summed E-state index contributed by atoms with van der Waals surface area (Å²) in [6.07, 6.45) is 8.06. The number of carbonyl (C=O) groups is 1. The van der Waals surface area contributed by atoms with Gasteiger partial charge < -0.3 is 14.5 Å². The van der Waals surface area contributed by atoms with Crippen molar-refractivity contribution in [2.45, 2.75) is 52.2 Å². The predicted molar refractivity (Wildman–Crippen MR) is 104 cm³/mol. The molecule has 1 N–H and O–H groups in total. The molecule has 2 aromatic heterocycles. The lowest BCUT2D eigenvalue weighted by atomic mass is 10.1. The quantitative estimate of drug-likeness (QED) is 0.713. The molecule has 2 heterocycles. The smallest absolute Gasteiger partial charge is 0.255 e. The van der Waals surface area contributed by atoms with Crippen molar-refractivity contribution in [3.63, 3.8) is 0 Å². The summed E-state index contributed by atoms with van der Waals surface area (Å²) in [4.78, 5) is 17.0. The van der Waals surface area contributed by atoms with Crippen molar-refractivity contribution >= 4 is 16.9 Å². The van der Waals surface area contributed by atoms with E-state index in [1.165, 1.54) is 12.8 Å². The van der Waals surface area contributed by atoms with Crippen molar-refractivity contribution in [3.05, 3.63) is 59.1 Å². The van der Waals surface area contributed by atoms with Crippen LogP contribution in [0.2, 0.25) is 0 Å². The van der Waals surface area contributed by atoms with Crippen molar-refractivity contribution in [1.82, 2.24) is 10.3 Å². The third kappa shape index (κ3) is 3.68. The first-order valence-corrected chi connectivity index (χ1v) is 9.48. The second-order valence-corrected chi connectivity index (χ2v) is 7.24. The Morgan fingerprint density at radius 2 is 2.07 bits per heavy atom.